The normalized spacial score (nSPS) is 11.3. The van der Waals surface area contributed by atoms with Crippen molar-refractivity contribution < 1.29 is 0 Å². The highest BCUT2D eigenvalue weighted by Crippen LogP contribution is 2.07. The van der Waals surface area contributed by atoms with Gasteiger partial charge in [-0.3, -0.25) is 4.99 Å². The lowest BCUT2D eigenvalue weighted by Gasteiger charge is -2.13. The van der Waals surface area contributed by atoms with E-state index in [1.54, 1.807) is 0 Å². The maximum Gasteiger partial charge on any atom is 0.191 e. The number of nitrogens with zero attached hydrogens (tertiary/aromatic N) is 1. The van der Waals surface area contributed by atoms with Crippen LogP contribution in [0.1, 0.15) is 40.0 Å². The molecule has 0 bridgehead atoms. The molecule has 0 unspecified atom stereocenters. The fraction of sp³-hybridized carbons (Fsp3) is 0.923. The van der Waals surface area contributed by atoms with Crippen molar-refractivity contribution in [1.29, 1.82) is 0 Å². The smallest absolute Gasteiger partial charge is 0.191 e. The molecule has 0 aromatic rings. The average molecular weight is 387 g/mol. The molecule has 5 heteroatoms. The summed E-state index contributed by atoms with van der Waals surface area (Å²) in [6.45, 7) is 9.46. The van der Waals surface area contributed by atoms with Gasteiger partial charge in [0.15, 0.2) is 5.96 Å². The summed E-state index contributed by atoms with van der Waals surface area (Å²) in [6.07, 6.45) is 5.76. The molecule has 0 aliphatic rings. The highest BCUT2D eigenvalue weighted by molar-refractivity contribution is 14.0. The van der Waals surface area contributed by atoms with E-state index in [0.29, 0.717) is 0 Å². The van der Waals surface area contributed by atoms with Crippen LogP contribution < -0.4 is 10.6 Å². The second-order valence-corrected chi connectivity index (χ2v) is 5.16. The summed E-state index contributed by atoms with van der Waals surface area (Å²) < 4.78 is 0. The first kappa shape index (κ1) is 20.7. The van der Waals surface area contributed by atoms with Crippen molar-refractivity contribution in [1.82, 2.24) is 10.6 Å². The molecular weight excluding hydrogens is 357 g/mol. The van der Waals surface area contributed by atoms with Crippen molar-refractivity contribution in [3.8, 4) is 0 Å². The number of aliphatic imine (C=N–C) groups is 1. The second kappa shape index (κ2) is 15.4. The van der Waals surface area contributed by atoms with Gasteiger partial charge < -0.3 is 10.6 Å². The summed E-state index contributed by atoms with van der Waals surface area (Å²) in [5, 5.41) is 6.68. The van der Waals surface area contributed by atoms with E-state index in [1.807, 2.05) is 11.8 Å². The van der Waals surface area contributed by atoms with Gasteiger partial charge in [-0.1, -0.05) is 26.7 Å². The first-order chi connectivity index (χ1) is 8.28. The van der Waals surface area contributed by atoms with Crippen molar-refractivity contribution in [2.45, 2.75) is 40.0 Å². The van der Waals surface area contributed by atoms with Crippen molar-refractivity contribution >= 4 is 41.7 Å². The predicted octanol–water partition coefficient (Wildman–Crippen LogP) is 3.35. The monoisotopic (exact) mass is 387 g/mol. The first-order valence-electron chi connectivity index (χ1n) is 6.79. The number of nitrogens with one attached hydrogen (secondary N) is 2. The van der Waals surface area contributed by atoms with E-state index in [0.717, 1.165) is 31.5 Å². The minimum atomic E-state index is 0. The quantitative estimate of drug-likeness (QED) is 0.276. The van der Waals surface area contributed by atoms with Gasteiger partial charge in [0.25, 0.3) is 0 Å². The average Bonchev–Trinajstić information content (AvgIpc) is 2.35. The number of hydrogen-bond acceptors (Lipinski definition) is 2. The molecule has 3 nitrogen and oxygen atoms in total. The Morgan fingerprint density at radius 2 is 1.83 bits per heavy atom. The summed E-state index contributed by atoms with van der Waals surface area (Å²) >= 11 is 1.89. The summed E-state index contributed by atoms with van der Waals surface area (Å²) in [7, 11) is 0. The Morgan fingerprint density at radius 1 is 1.17 bits per heavy atom. The van der Waals surface area contributed by atoms with Gasteiger partial charge in [0.2, 0.25) is 0 Å². The SMILES string of the molecule is CCNC(=NCC(CC)CC)NCCCSC.I. The first-order valence-corrected chi connectivity index (χ1v) is 8.18. The fourth-order valence-electron chi connectivity index (χ4n) is 1.53. The van der Waals surface area contributed by atoms with E-state index in [9.17, 15) is 0 Å². The van der Waals surface area contributed by atoms with E-state index in [4.69, 9.17) is 0 Å². The molecule has 0 rings (SSSR count). The number of guanidine groups is 1. The van der Waals surface area contributed by atoms with Gasteiger partial charge in [-0.05, 0) is 31.3 Å². The summed E-state index contributed by atoms with van der Waals surface area (Å²) in [5.41, 5.74) is 0. The molecule has 0 amide bonds. The molecule has 0 saturated carbocycles. The third kappa shape index (κ3) is 11.4. The van der Waals surface area contributed by atoms with Crippen LogP contribution in [-0.2, 0) is 0 Å². The highest BCUT2D eigenvalue weighted by Gasteiger charge is 2.03. The van der Waals surface area contributed by atoms with Crippen LogP contribution in [-0.4, -0.2) is 37.6 Å². The number of thioether (sulfide) groups is 1. The Hall–Kier alpha value is 0.350. The summed E-state index contributed by atoms with van der Waals surface area (Å²) in [5.74, 6) is 2.90. The molecule has 0 radical (unpaired) electrons. The van der Waals surface area contributed by atoms with Gasteiger partial charge in [-0.2, -0.15) is 11.8 Å². The second-order valence-electron chi connectivity index (χ2n) is 4.18. The van der Waals surface area contributed by atoms with Crippen molar-refractivity contribution in [2.24, 2.45) is 10.9 Å². The van der Waals surface area contributed by atoms with Crippen LogP contribution in [0.15, 0.2) is 4.99 Å². The molecule has 0 spiro atoms. The molecule has 18 heavy (non-hydrogen) atoms. The lowest BCUT2D eigenvalue weighted by Crippen LogP contribution is -2.38. The van der Waals surface area contributed by atoms with E-state index in [1.165, 1.54) is 25.0 Å². The standard InChI is InChI=1S/C13H29N3S.HI/c1-5-12(6-2)11-16-13(14-7-3)15-9-8-10-17-4;/h12H,5-11H2,1-4H3,(H2,14,15,16);1H. The van der Waals surface area contributed by atoms with Crippen LogP contribution in [0.25, 0.3) is 0 Å². The van der Waals surface area contributed by atoms with E-state index < -0.39 is 0 Å². The number of halogens is 1. The molecule has 2 N–H and O–H groups in total. The topological polar surface area (TPSA) is 36.4 Å². The van der Waals surface area contributed by atoms with Crippen molar-refractivity contribution in [3.05, 3.63) is 0 Å². The molecule has 0 atom stereocenters. The maximum absolute atomic E-state index is 4.64. The lowest BCUT2D eigenvalue weighted by molar-refractivity contribution is 0.504. The van der Waals surface area contributed by atoms with Gasteiger partial charge in [0.1, 0.15) is 0 Å². The Balaban J connectivity index is 0. The molecular formula is C13H30IN3S. The van der Waals surface area contributed by atoms with Gasteiger partial charge in [0, 0.05) is 19.6 Å². The van der Waals surface area contributed by atoms with Crippen LogP contribution in [0, 0.1) is 5.92 Å². The Labute approximate surface area is 134 Å². The van der Waals surface area contributed by atoms with Gasteiger partial charge in [-0.25, -0.2) is 0 Å². The van der Waals surface area contributed by atoms with Crippen LogP contribution in [0.3, 0.4) is 0 Å². The molecule has 0 heterocycles. The van der Waals surface area contributed by atoms with Gasteiger partial charge in [-0.15, -0.1) is 24.0 Å². The van der Waals surface area contributed by atoms with Crippen LogP contribution in [0.4, 0.5) is 0 Å². The van der Waals surface area contributed by atoms with E-state index in [-0.39, 0.29) is 24.0 Å². The Bertz CT molecular complexity index is 197. The molecule has 0 aliphatic heterocycles. The van der Waals surface area contributed by atoms with Crippen molar-refractivity contribution in [3.63, 3.8) is 0 Å². The zero-order chi connectivity index (χ0) is 12.9. The molecule has 0 aromatic carbocycles. The highest BCUT2D eigenvalue weighted by atomic mass is 127. The molecule has 0 saturated heterocycles. The summed E-state index contributed by atoms with van der Waals surface area (Å²) in [4.78, 5) is 4.64. The maximum atomic E-state index is 4.64. The summed E-state index contributed by atoms with van der Waals surface area (Å²) in [6, 6.07) is 0. The molecule has 0 aromatic heterocycles. The lowest BCUT2D eigenvalue weighted by atomic mass is 10.0. The number of rotatable bonds is 9. The van der Waals surface area contributed by atoms with Crippen LogP contribution in [0.5, 0.6) is 0 Å². The predicted molar refractivity (Wildman–Crippen MR) is 96.5 cm³/mol. The number of hydrogen-bond donors (Lipinski definition) is 2. The third-order valence-corrected chi connectivity index (χ3v) is 3.52. The minimum Gasteiger partial charge on any atom is -0.357 e. The Kier molecular flexibility index (Phi) is 17.7. The van der Waals surface area contributed by atoms with Gasteiger partial charge in [0.05, 0.1) is 0 Å². The van der Waals surface area contributed by atoms with Crippen LogP contribution >= 0.6 is 35.7 Å². The van der Waals surface area contributed by atoms with Gasteiger partial charge >= 0.3 is 0 Å². The minimum absolute atomic E-state index is 0. The zero-order valence-electron chi connectivity index (χ0n) is 12.3. The largest absolute Gasteiger partial charge is 0.357 e. The van der Waals surface area contributed by atoms with E-state index in [2.05, 4.69) is 42.7 Å². The van der Waals surface area contributed by atoms with Crippen molar-refractivity contribution in [2.75, 3.05) is 31.6 Å². The molecule has 110 valence electrons. The van der Waals surface area contributed by atoms with Crippen LogP contribution in [0.2, 0.25) is 0 Å². The molecule has 0 fully saturated rings. The fourth-order valence-corrected chi connectivity index (χ4v) is 1.97. The zero-order valence-corrected chi connectivity index (χ0v) is 15.4. The molecule has 0 aliphatic carbocycles. The van der Waals surface area contributed by atoms with E-state index >= 15 is 0 Å². The third-order valence-electron chi connectivity index (χ3n) is 2.82. The Morgan fingerprint density at radius 3 is 2.33 bits per heavy atom.